The summed E-state index contributed by atoms with van der Waals surface area (Å²) in [4.78, 5) is 0. The fourth-order valence-corrected chi connectivity index (χ4v) is 4.10. The Labute approximate surface area is 98.2 Å². The van der Waals surface area contributed by atoms with Crippen molar-refractivity contribution in [2.75, 3.05) is 18.8 Å². The molecule has 1 unspecified atom stereocenters. The van der Waals surface area contributed by atoms with Gasteiger partial charge in [-0.2, -0.15) is 0 Å². The molecule has 0 aromatic carbocycles. The van der Waals surface area contributed by atoms with Gasteiger partial charge in [-0.05, 0) is 38.1 Å². The first-order chi connectivity index (χ1) is 7.66. The highest BCUT2D eigenvalue weighted by molar-refractivity contribution is 7.89. The second-order valence-corrected chi connectivity index (χ2v) is 6.93. The quantitative estimate of drug-likeness (QED) is 0.756. The van der Waals surface area contributed by atoms with Gasteiger partial charge in [0.15, 0.2) is 0 Å². The summed E-state index contributed by atoms with van der Waals surface area (Å²) in [5.41, 5.74) is 0. The van der Waals surface area contributed by atoms with Gasteiger partial charge < -0.3 is 5.32 Å². The molecule has 1 aliphatic carbocycles. The van der Waals surface area contributed by atoms with Crippen molar-refractivity contribution in [2.45, 2.75) is 44.6 Å². The van der Waals surface area contributed by atoms with Gasteiger partial charge in [-0.3, -0.25) is 0 Å². The van der Waals surface area contributed by atoms with E-state index in [1.807, 2.05) is 0 Å². The minimum atomic E-state index is -3.06. The SMILES string of the molecule is O=S(=O)(CC1CCCN1)NCC1CCCC1. The van der Waals surface area contributed by atoms with Crippen LogP contribution in [-0.4, -0.2) is 33.3 Å². The van der Waals surface area contributed by atoms with Crippen LogP contribution in [0.5, 0.6) is 0 Å². The number of hydrogen-bond donors (Lipinski definition) is 2. The van der Waals surface area contributed by atoms with E-state index in [1.54, 1.807) is 0 Å². The number of rotatable bonds is 5. The number of nitrogens with one attached hydrogen (secondary N) is 2. The third kappa shape index (κ3) is 3.71. The molecule has 1 heterocycles. The second kappa shape index (κ2) is 5.47. The second-order valence-electron chi connectivity index (χ2n) is 5.07. The number of sulfonamides is 1. The maximum Gasteiger partial charge on any atom is 0.213 e. The average Bonchev–Trinajstić information content (AvgIpc) is 2.85. The molecule has 0 aromatic rings. The van der Waals surface area contributed by atoms with Gasteiger partial charge in [0.2, 0.25) is 10.0 Å². The topological polar surface area (TPSA) is 58.2 Å². The molecule has 1 atom stereocenters. The lowest BCUT2D eigenvalue weighted by Crippen LogP contribution is -2.38. The van der Waals surface area contributed by atoms with Crippen LogP contribution in [0, 0.1) is 5.92 Å². The predicted molar refractivity (Wildman–Crippen MR) is 64.8 cm³/mol. The van der Waals surface area contributed by atoms with E-state index >= 15 is 0 Å². The Morgan fingerprint density at radius 3 is 2.50 bits per heavy atom. The highest BCUT2D eigenvalue weighted by Crippen LogP contribution is 2.23. The largest absolute Gasteiger partial charge is 0.313 e. The van der Waals surface area contributed by atoms with Gasteiger partial charge in [-0.15, -0.1) is 0 Å². The Morgan fingerprint density at radius 2 is 1.88 bits per heavy atom. The molecular weight excluding hydrogens is 224 g/mol. The smallest absolute Gasteiger partial charge is 0.213 e. The molecule has 1 saturated carbocycles. The van der Waals surface area contributed by atoms with Gasteiger partial charge in [0.25, 0.3) is 0 Å². The van der Waals surface area contributed by atoms with Crippen molar-refractivity contribution in [1.29, 1.82) is 0 Å². The molecule has 2 aliphatic rings. The zero-order valence-electron chi connectivity index (χ0n) is 9.74. The fourth-order valence-electron chi connectivity index (χ4n) is 2.68. The van der Waals surface area contributed by atoms with Crippen molar-refractivity contribution >= 4 is 10.0 Å². The summed E-state index contributed by atoms with van der Waals surface area (Å²) in [5.74, 6) is 0.825. The van der Waals surface area contributed by atoms with Crippen molar-refractivity contribution in [3.05, 3.63) is 0 Å². The maximum atomic E-state index is 11.8. The van der Waals surface area contributed by atoms with Gasteiger partial charge in [0, 0.05) is 12.6 Å². The van der Waals surface area contributed by atoms with E-state index < -0.39 is 10.0 Å². The van der Waals surface area contributed by atoms with E-state index in [0.717, 1.165) is 19.4 Å². The minimum Gasteiger partial charge on any atom is -0.313 e. The summed E-state index contributed by atoms with van der Waals surface area (Å²) in [6.45, 7) is 1.61. The van der Waals surface area contributed by atoms with Crippen LogP contribution in [0.3, 0.4) is 0 Å². The Bertz CT molecular complexity index is 304. The standard InChI is InChI=1S/C11H22N2O2S/c14-16(15,9-11-6-3-7-12-11)13-8-10-4-1-2-5-10/h10-13H,1-9H2. The van der Waals surface area contributed by atoms with E-state index in [2.05, 4.69) is 10.0 Å². The average molecular weight is 246 g/mol. The van der Waals surface area contributed by atoms with Crippen LogP contribution in [0.2, 0.25) is 0 Å². The van der Waals surface area contributed by atoms with Crippen LogP contribution >= 0.6 is 0 Å². The summed E-state index contributed by atoms with van der Waals surface area (Å²) in [6.07, 6.45) is 6.98. The molecule has 2 fully saturated rings. The lowest BCUT2D eigenvalue weighted by atomic mass is 10.1. The summed E-state index contributed by atoms with van der Waals surface area (Å²) < 4.78 is 26.3. The first-order valence-electron chi connectivity index (χ1n) is 6.36. The van der Waals surface area contributed by atoms with E-state index in [1.165, 1.54) is 25.7 Å². The monoisotopic (exact) mass is 246 g/mol. The summed E-state index contributed by atoms with van der Waals surface area (Å²) in [6, 6.07) is 0.168. The fraction of sp³-hybridized carbons (Fsp3) is 1.00. The molecule has 16 heavy (non-hydrogen) atoms. The summed E-state index contributed by atoms with van der Waals surface area (Å²) in [5, 5.41) is 3.22. The van der Waals surface area contributed by atoms with Gasteiger partial charge in [0.1, 0.15) is 0 Å². The molecule has 5 heteroatoms. The molecule has 0 bridgehead atoms. The third-order valence-corrected chi connectivity index (χ3v) is 5.10. The minimum absolute atomic E-state index is 0.168. The van der Waals surface area contributed by atoms with Crippen molar-refractivity contribution in [2.24, 2.45) is 5.92 Å². The van der Waals surface area contributed by atoms with Crippen LogP contribution in [0.4, 0.5) is 0 Å². The molecule has 4 nitrogen and oxygen atoms in total. The van der Waals surface area contributed by atoms with E-state index in [-0.39, 0.29) is 11.8 Å². The lowest BCUT2D eigenvalue weighted by molar-refractivity contribution is 0.514. The molecule has 1 saturated heterocycles. The number of hydrogen-bond acceptors (Lipinski definition) is 3. The first kappa shape index (κ1) is 12.3. The molecule has 0 amide bonds. The van der Waals surface area contributed by atoms with Crippen molar-refractivity contribution < 1.29 is 8.42 Å². The van der Waals surface area contributed by atoms with E-state index in [9.17, 15) is 8.42 Å². The van der Waals surface area contributed by atoms with Crippen LogP contribution in [-0.2, 0) is 10.0 Å². The Balaban J connectivity index is 1.73. The molecule has 1 aliphatic heterocycles. The Morgan fingerprint density at radius 1 is 1.12 bits per heavy atom. The van der Waals surface area contributed by atoms with Crippen LogP contribution < -0.4 is 10.0 Å². The molecule has 94 valence electrons. The van der Waals surface area contributed by atoms with Gasteiger partial charge in [-0.1, -0.05) is 12.8 Å². The van der Waals surface area contributed by atoms with E-state index in [4.69, 9.17) is 0 Å². The van der Waals surface area contributed by atoms with Crippen molar-refractivity contribution in [1.82, 2.24) is 10.0 Å². The molecular formula is C11H22N2O2S. The van der Waals surface area contributed by atoms with Gasteiger partial charge in [0.05, 0.1) is 5.75 Å². The molecule has 0 aromatic heterocycles. The molecule has 2 N–H and O–H groups in total. The molecule has 0 radical (unpaired) electrons. The zero-order chi connectivity index (χ0) is 11.4. The van der Waals surface area contributed by atoms with Crippen LogP contribution in [0.25, 0.3) is 0 Å². The maximum absolute atomic E-state index is 11.8. The van der Waals surface area contributed by atoms with Crippen molar-refractivity contribution in [3.8, 4) is 0 Å². The molecule has 0 spiro atoms. The third-order valence-electron chi connectivity index (χ3n) is 3.65. The summed E-state index contributed by atoms with van der Waals surface area (Å²) >= 11 is 0. The normalized spacial score (nSPS) is 27.6. The first-order valence-corrected chi connectivity index (χ1v) is 8.02. The highest BCUT2D eigenvalue weighted by Gasteiger charge is 2.23. The highest BCUT2D eigenvalue weighted by atomic mass is 32.2. The van der Waals surface area contributed by atoms with Gasteiger partial charge in [-0.25, -0.2) is 13.1 Å². The Kier molecular flexibility index (Phi) is 4.21. The molecule has 2 rings (SSSR count). The summed E-state index contributed by atoms with van der Waals surface area (Å²) in [7, 11) is -3.06. The van der Waals surface area contributed by atoms with Crippen molar-refractivity contribution in [3.63, 3.8) is 0 Å². The Hall–Kier alpha value is -0.130. The predicted octanol–water partition coefficient (Wildman–Crippen LogP) is 0.848. The van der Waals surface area contributed by atoms with E-state index in [0.29, 0.717) is 12.5 Å². The van der Waals surface area contributed by atoms with Gasteiger partial charge >= 0.3 is 0 Å². The lowest BCUT2D eigenvalue weighted by Gasteiger charge is -2.14. The zero-order valence-corrected chi connectivity index (χ0v) is 10.6. The van der Waals surface area contributed by atoms with Crippen LogP contribution in [0.1, 0.15) is 38.5 Å². The van der Waals surface area contributed by atoms with Crippen LogP contribution in [0.15, 0.2) is 0 Å².